The Hall–Kier alpha value is -2.21. The highest BCUT2D eigenvalue weighted by Gasteiger charge is 2.21. The summed E-state index contributed by atoms with van der Waals surface area (Å²) in [6.07, 6.45) is 3.41. The van der Waals surface area contributed by atoms with Crippen molar-refractivity contribution in [3.63, 3.8) is 0 Å². The van der Waals surface area contributed by atoms with Gasteiger partial charge in [0.25, 0.3) is 5.69 Å². The van der Waals surface area contributed by atoms with E-state index in [-0.39, 0.29) is 10.6 Å². The molecule has 1 saturated heterocycles. The van der Waals surface area contributed by atoms with Gasteiger partial charge in [-0.25, -0.2) is 0 Å². The van der Waals surface area contributed by atoms with Crippen LogP contribution in [0.15, 0.2) is 47.4 Å². The summed E-state index contributed by atoms with van der Waals surface area (Å²) < 4.78 is 5.16. The highest BCUT2D eigenvalue weighted by atomic mass is 32.2. The van der Waals surface area contributed by atoms with Crippen LogP contribution in [0.3, 0.4) is 0 Å². The van der Waals surface area contributed by atoms with Gasteiger partial charge >= 0.3 is 0 Å². The van der Waals surface area contributed by atoms with Crippen LogP contribution in [0.1, 0.15) is 24.8 Å². The lowest BCUT2D eigenvalue weighted by Gasteiger charge is -2.28. The molecule has 0 aliphatic carbocycles. The van der Waals surface area contributed by atoms with Crippen LogP contribution >= 0.6 is 11.8 Å². The maximum Gasteiger partial charge on any atom is 0.293 e. The zero-order chi connectivity index (χ0) is 17.6. The van der Waals surface area contributed by atoms with Crippen LogP contribution in [0.25, 0.3) is 0 Å². The lowest BCUT2D eigenvalue weighted by atomic mass is 10.1. The molecule has 5 nitrogen and oxygen atoms in total. The number of nitro benzene ring substituents is 1. The van der Waals surface area contributed by atoms with Gasteiger partial charge in [-0.2, -0.15) is 0 Å². The monoisotopic (exact) mass is 358 g/mol. The Balaban J connectivity index is 1.73. The van der Waals surface area contributed by atoms with E-state index in [4.69, 9.17) is 4.74 Å². The zero-order valence-corrected chi connectivity index (χ0v) is 15.1. The molecule has 0 spiro atoms. The molecule has 0 unspecified atom stereocenters. The molecule has 0 N–H and O–H groups in total. The number of ether oxygens (including phenoxy) is 1. The Morgan fingerprint density at radius 2 is 1.84 bits per heavy atom. The van der Waals surface area contributed by atoms with Crippen LogP contribution in [-0.2, 0) is 5.75 Å². The molecule has 1 fully saturated rings. The molecule has 3 rings (SSSR count). The molecule has 0 bridgehead atoms. The Labute approximate surface area is 152 Å². The largest absolute Gasteiger partial charge is 0.497 e. The van der Waals surface area contributed by atoms with Crippen molar-refractivity contribution in [2.75, 3.05) is 25.1 Å². The minimum absolute atomic E-state index is 0.210. The molecule has 0 radical (unpaired) electrons. The molecule has 132 valence electrons. The highest BCUT2D eigenvalue weighted by Crippen LogP contribution is 2.35. The van der Waals surface area contributed by atoms with Crippen LogP contribution in [0.2, 0.25) is 0 Å². The molecule has 0 atom stereocenters. The predicted octanol–water partition coefficient (Wildman–Crippen LogP) is 4.89. The van der Waals surface area contributed by atoms with Gasteiger partial charge in [0.05, 0.1) is 12.0 Å². The maximum absolute atomic E-state index is 11.5. The number of methoxy groups -OCH3 is 1. The number of hydrogen-bond donors (Lipinski definition) is 0. The summed E-state index contributed by atoms with van der Waals surface area (Å²) in [6.45, 7) is 1.80. The second-order valence-corrected chi connectivity index (χ2v) is 7.14. The first-order valence-corrected chi connectivity index (χ1v) is 9.45. The van der Waals surface area contributed by atoms with Gasteiger partial charge in [0.2, 0.25) is 0 Å². The van der Waals surface area contributed by atoms with Gasteiger partial charge in [-0.3, -0.25) is 10.1 Å². The molecular weight excluding hydrogens is 336 g/mol. The molecule has 2 aromatic carbocycles. The van der Waals surface area contributed by atoms with E-state index in [2.05, 4.69) is 4.90 Å². The number of nitro groups is 1. The van der Waals surface area contributed by atoms with Gasteiger partial charge in [-0.05, 0) is 49.1 Å². The Morgan fingerprint density at radius 3 is 2.48 bits per heavy atom. The quantitative estimate of drug-likeness (QED) is 0.418. The second kappa shape index (κ2) is 8.25. The summed E-state index contributed by atoms with van der Waals surface area (Å²) in [7, 11) is 1.65. The smallest absolute Gasteiger partial charge is 0.293 e. The van der Waals surface area contributed by atoms with E-state index in [1.54, 1.807) is 24.9 Å². The van der Waals surface area contributed by atoms with Crippen molar-refractivity contribution in [1.29, 1.82) is 0 Å². The minimum atomic E-state index is -0.263. The first kappa shape index (κ1) is 17.6. The summed E-state index contributed by atoms with van der Waals surface area (Å²) in [4.78, 5) is 14.3. The minimum Gasteiger partial charge on any atom is -0.497 e. The highest BCUT2D eigenvalue weighted by molar-refractivity contribution is 7.98. The van der Waals surface area contributed by atoms with Crippen LogP contribution in [0.4, 0.5) is 11.4 Å². The van der Waals surface area contributed by atoms with Gasteiger partial charge in [0, 0.05) is 29.8 Å². The number of rotatable bonds is 6. The molecule has 0 saturated carbocycles. The normalized spacial score (nSPS) is 14.4. The van der Waals surface area contributed by atoms with Crippen molar-refractivity contribution < 1.29 is 9.66 Å². The van der Waals surface area contributed by atoms with Gasteiger partial charge in [-0.1, -0.05) is 12.1 Å². The predicted molar refractivity (Wildman–Crippen MR) is 102 cm³/mol. The van der Waals surface area contributed by atoms with Crippen molar-refractivity contribution >= 4 is 23.1 Å². The van der Waals surface area contributed by atoms with E-state index in [1.165, 1.54) is 6.42 Å². The second-order valence-electron chi connectivity index (χ2n) is 6.09. The number of hydrogen-bond acceptors (Lipinski definition) is 5. The van der Waals surface area contributed by atoms with Crippen molar-refractivity contribution in [3.05, 3.63) is 58.1 Å². The van der Waals surface area contributed by atoms with E-state index in [0.29, 0.717) is 0 Å². The molecular formula is C19H22N2O3S. The van der Waals surface area contributed by atoms with Gasteiger partial charge < -0.3 is 9.64 Å². The number of nitrogens with zero attached hydrogens (tertiary/aromatic N) is 2. The summed E-state index contributed by atoms with van der Waals surface area (Å²) in [5.74, 6) is 1.60. The maximum atomic E-state index is 11.5. The molecule has 2 aromatic rings. The number of thioether (sulfide) groups is 1. The Kier molecular flexibility index (Phi) is 5.81. The molecule has 1 heterocycles. The van der Waals surface area contributed by atoms with Gasteiger partial charge in [0.1, 0.15) is 11.4 Å². The van der Waals surface area contributed by atoms with Crippen LogP contribution in [0, 0.1) is 10.1 Å². The molecule has 25 heavy (non-hydrogen) atoms. The fourth-order valence-electron chi connectivity index (χ4n) is 3.03. The van der Waals surface area contributed by atoms with Gasteiger partial charge in [0.15, 0.2) is 0 Å². The average molecular weight is 358 g/mol. The fourth-order valence-corrected chi connectivity index (χ4v) is 3.91. The van der Waals surface area contributed by atoms with Crippen molar-refractivity contribution in [2.24, 2.45) is 0 Å². The van der Waals surface area contributed by atoms with Crippen LogP contribution in [0.5, 0.6) is 5.75 Å². The lowest BCUT2D eigenvalue weighted by Crippen LogP contribution is -2.29. The third-order valence-corrected chi connectivity index (χ3v) is 5.47. The van der Waals surface area contributed by atoms with Crippen molar-refractivity contribution in [3.8, 4) is 5.75 Å². The van der Waals surface area contributed by atoms with E-state index in [0.717, 1.165) is 53.6 Å². The summed E-state index contributed by atoms with van der Waals surface area (Å²) in [5.41, 5.74) is 2.12. The first-order chi connectivity index (χ1) is 12.2. The Morgan fingerprint density at radius 1 is 1.12 bits per heavy atom. The number of benzene rings is 2. The topological polar surface area (TPSA) is 55.6 Å². The summed E-state index contributed by atoms with van der Waals surface area (Å²) in [6, 6.07) is 13.5. The first-order valence-electron chi connectivity index (χ1n) is 8.46. The van der Waals surface area contributed by atoms with Crippen molar-refractivity contribution in [1.82, 2.24) is 0 Å². The van der Waals surface area contributed by atoms with E-state index in [9.17, 15) is 10.1 Å². The van der Waals surface area contributed by atoms with Crippen LogP contribution < -0.4 is 9.64 Å². The van der Waals surface area contributed by atoms with Gasteiger partial charge in [-0.15, -0.1) is 11.8 Å². The Bertz CT molecular complexity index is 728. The average Bonchev–Trinajstić information content (AvgIpc) is 2.67. The van der Waals surface area contributed by atoms with E-state index < -0.39 is 0 Å². The molecule has 0 amide bonds. The summed E-state index contributed by atoms with van der Waals surface area (Å²) in [5, 5.41) is 11.5. The van der Waals surface area contributed by atoms with E-state index in [1.807, 2.05) is 36.4 Å². The zero-order valence-electron chi connectivity index (χ0n) is 14.3. The third-order valence-electron chi connectivity index (χ3n) is 4.40. The standard InChI is InChI=1S/C19H22N2O3S/c1-24-16-7-5-15(6-8-16)14-25-17-9-10-18(19(13-17)21(22)23)20-11-3-2-4-12-20/h5-10,13H,2-4,11-12,14H2,1H3. The molecule has 1 aliphatic rings. The third kappa shape index (κ3) is 4.45. The lowest BCUT2D eigenvalue weighted by molar-refractivity contribution is -0.384. The number of piperidine rings is 1. The SMILES string of the molecule is COc1ccc(CSc2ccc(N3CCCCC3)c([N+](=O)[O-])c2)cc1. The summed E-state index contributed by atoms with van der Waals surface area (Å²) >= 11 is 1.61. The fraction of sp³-hybridized carbons (Fsp3) is 0.368. The van der Waals surface area contributed by atoms with E-state index >= 15 is 0 Å². The molecule has 0 aromatic heterocycles. The molecule has 6 heteroatoms. The number of anilines is 1. The molecule has 1 aliphatic heterocycles. The van der Waals surface area contributed by atoms with Crippen molar-refractivity contribution in [2.45, 2.75) is 29.9 Å². The van der Waals surface area contributed by atoms with Crippen LogP contribution in [-0.4, -0.2) is 25.1 Å².